The topological polar surface area (TPSA) is 75.4 Å². The Labute approximate surface area is 149 Å². The molecular formula is C19H21F3N2O2. The van der Waals surface area contributed by atoms with Crippen LogP contribution >= 0.6 is 0 Å². The number of carbonyl (C=O) groups is 1. The van der Waals surface area contributed by atoms with Crippen LogP contribution in [0, 0.1) is 0 Å². The summed E-state index contributed by atoms with van der Waals surface area (Å²) in [6.45, 7) is 0.773. The zero-order chi connectivity index (χ0) is 19.2. The van der Waals surface area contributed by atoms with Crippen LogP contribution in [0.25, 0.3) is 0 Å². The second kappa shape index (κ2) is 8.82. The van der Waals surface area contributed by atoms with Crippen LogP contribution in [0.1, 0.15) is 39.6 Å². The van der Waals surface area contributed by atoms with Crippen LogP contribution in [0.2, 0.25) is 0 Å². The van der Waals surface area contributed by atoms with Gasteiger partial charge in [0.15, 0.2) is 0 Å². The second-order valence-corrected chi connectivity index (χ2v) is 6.01. The first-order valence-corrected chi connectivity index (χ1v) is 8.22. The molecule has 2 rings (SSSR count). The van der Waals surface area contributed by atoms with Crippen LogP contribution in [-0.4, -0.2) is 24.1 Å². The average molecular weight is 366 g/mol. The van der Waals surface area contributed by atoms with E-state index in [1.54, 1.807) is 12.1 Å². The molecule has 0 spiro atoms. The van der Waals surface area contributed by atoms with Crippen molar-refractivity contribution in [1.82, 2.24) is 5.32 Å². The van der Waals surface area contributed by atoms with Gasteiger partial charge in [0, 0.05) is 12.1 Å². The third kappa shape index (κ3) is 5.86. The molecule has 1 atom stereocenters. The number of rotatable bonds is 8. The quantitative estimate of drug-likeness (QED) is 0.629. The lowest BCUT2D eigenvalue weighted by Gasteiger charge is -2.14. The molecule has 0 bridgehead atoms. The van der Waals surface area contributed by atoms with Crippen LogP contribution in [-0.2, 0) is 12.6 Å². The predicted molar refractivity (Wildman–Crippen MR) is 92.6 cm³/mol. The molecule has 4 N–H and O–H groups in total. The Hall–Kier alpha value is -2.38. The molecule has 0 aliphatic carbocycles. The zero-order valence-electron chi connectivity index (χ0n) is 14.1. The highest BCUT2D eigenvalue weighted by atomic mass is 19.4. The van der Waals surface area contributed by atoms with E-state index in [1.807, 2.05) is 12.1 Å². The molecule has 2 aromatic rings. The van der Waals surface area contributed by atoms with Crippen molar-refractivity contribution in [2.24, 2.45) is 5.73 Å². The van der Waals surface area contributed by atoms with Crippen LogP contribution in [0.5, 0.6) is 0 Å². The van der Waals surface area contributed by atoms with Gasteiger partial charge in [0.1, 0.15) is 0 Å². The van der Waals surface area contributed by atoms with E-state index in [9.17, 15) is 23.1 Å². The fourth-order valence-corrected chi connectivity index (χ4v) is 2.53. The van der Waals surface area contributed by atoms with E-state index in [-0.39, 0.29) is 12.1 Å². The minimum absolute atomic E-state index is 0.169. The maximum atomic E-state index is 12.7. The number of hydrogen-bond acceptors (Lipinski definition) is 3. The Morgan fingerprint density at radius 2 is 1.85 bits per heavy atom. The average Bonchev–Trinajstić information content (AvgIpc) is 2.61. The van der Waals surface area contributed by atoms with Crippen LogP contribution in [0.15, 0.2) is 48.5 Å². The van der Waals surface area contributed by atoms with Gasteiger partial charge in [-0.3, -0.25) is 4.79 Å². The van der Waals surface area contributed by atoms with Gasteiger partial charge < -0.3 is 16.2 Å². The Balaban J connectivity index is 1.75. The van der Waals surface area contributed by atoms with Gasteiger partial charge in [0.2, 0.25) is 5.91 Å². The number of halogens is 3. The van der Waals surface area contributed by atoms with Crippen LogP contribution < -0.4 is 11.1 Å². The summed E-state index contributed by atoms with van der Waals surface area (Å²) < 4.78 is 38.1. The van der Waals surface area contributed by atoms with Gasteiger partial charge in [-0.1, -0.05) is 24.3 Å². The molecule has 0 aromatic heterocycles. The highest BCUT2D eigenvalue weighted by Gasteiger charge is 2.30. The van der Waals surface area contributed by atoms with Crippen molar-refractivity contribution in [3.8, 4) is 0 Å². The molecule has 0 saturated carbocycles. The van der Waals surface area contributed by atoms with Crippen molar-refractivity contribution in [3.05, 3.63) is 70.8 Å². The van der Waals surface area contributed by atoms with Crippen molar-refractivity contribution in [3.63, 3.8) is 0 Å². The SMILES string of the molecule is NC(=O)c1ccc(CCCNCC(O)c2cccc(C(F)(F)F)c2)cc1. The standard InChI is InChI=1S/C19H21F3N2O2/c20-19(21,22)16-5-1-4-15(11-16)17(25)12-24-10-2-3-13-6-8-14(9-7-13)18(23)26/h1,4-9,11,17,24-25H,2-3,10,12H2,(H2,23,26). The molecule has 2 aromatic carbocycles. The van der Waals surface area contributed by atoms with Crippen molar-refractivity contribution in [2.45, 2.75) is 25.1 Å². The summed E-state index contributed by atoms with van der Waals surface area (Å²) in [7, 11) is 0. The predicted octanol–water partition coefficient (Wildman–Crippen LogP) is 3.06. The van der Waals surface area contributed by atoms with Gasteiger partial charge in [0.05, 0.1) is 11.7 Å². The fraction of sp³-hybridized carbons (Fsp3) is 0.316. The van der Waals surface area contributed by atoms with E-state index < -0.39 is 23.8 Å². The van der Waals surface area contributed by atoms with Crippen LogP contribution in [0.4, 0.5) is 13.2 Å². The number of hydrogen-bond donors (Lipinski definition) is 3. The van der Waals surface area contributed by atoms with Gasteiger partial charge in [-0.25, -0.2) is 0 Å². The molecule has 0 heterocycles. The number of benzene rings is 2. The number of aliphatic hydroxyl groups is 1. The summed E-state index contributed by atoms with van der Waals surface area (Å²) in [6.07, 6.45) is -3.88. The minimum Gasteiger partial charge on any atom is -0.387 e. The lowest BCUT2D eigenvalue weighted by atomic mass is 10.1. The molecule has 0 fully saturated rings. The summed E-state index contributed by atoms with van der Waals surface area (Å²) >= 11 is 0. The molecule has 7 heteroatoms. The summed E-state index contributed by atoms with van der Waals surface area (Å²) in [6, 6.07) is 11.7. The minimum atomic E-state index is -4.42. The highest BCUT2D eigenvalue weighted by molar-refractivity contribution is 5.92. The molecule has 0 aliphatic heterocycles. The molecule has 0 radical (unpaired) electrons. The molecule has 26 heavy (non-hydrogen) atoms. The van der Waals surface area contributed by atoms with Crippen molar-refractivity contribution in [2.75, 3.05) is 13.1 Å². The highest BCUT2D eigenvalue weighted by Crippen LogP contribution is 2.30. The van der Waals surface area contributed by atoms with Crippen molar-refractivity contribution >= 4 is 5.91 Å². The van der Waals surface area contributed by atoms with Crippen molar-refractivity contribution in [1.29, 1.82) is 0 Å². The van der Waals surface area contributed by atoms with Gasteiger partial charge in [-0.15, -0.1) is 0 Å². The summed E-state index contributed by atoms with van der Waals surface area (Å²) in [4.78, 5) is 11.0. The first kappa shape index (κ1) is 19.9. The third-order valence-corrected chi connectivity index (χ3v) is 3.99. The van der Waals surface area contributed by atoms with E-state index >= 15 is 0 Å². The Bertz CT molecular complexity index is 730. The molecule has 1 amide bonds. The number of aryl methyl sites for hydroxylation is 1. The lowest BCUT2D eigenvalue weighted by molar-refractivity contribution is -0.137. The van der Waals surface area contributed by atoms with E-state index in [4.69, 9.17) is 5.73 Å². The molecule has 4 nitrogen and oxygen atoms in total. The number of primary amides is 1. The number of alkyl halides is 3. The fourth-order valence-electron chi connectivity index (χ4n) is 2.53. The number of nitrogens with two attached hydrogens (primary N) is 1. The van der Waals surface area contributed by atoms with E-state index in [0.29, 0.717) is 12.1 Å². The summed E-state index contributed by atoms with van der Waals surface area (Å²) in [5.74, 6) is -0.471. The van der Waals surface area contributed by atoms with Gasteiger partial charge >= 0.3 is 6.18 Å². The van der Waals surface area contributed by atoms with Gasteiger partial charge in [0.25, 0.3) is 0 Å². The molecule has 1 unspecified atom stereocenters. The third-order valence-electron chi connectivity index (χ3n) is 3.99. The molecule has 0 saturated heterocycles. The molecular weight excluding hydrogens is 345 g/mol. The lowest BCUT2D eigenvalue weighted by Crippen LogP contribution is -2.23. The Kier molecular flexibility index (Phi) is 6.76. The number of aliphatic hydroxyl groups excluding tert-OH is 1. The first-order valence-electron chi connectivity index (χ1n) is 8.22. The molecule has 140 valence electrons. The molecule has 0 aliphatic rings. The Morgan fingerprint density at radius 3 is 2.46 bits per heavy atom. The normalized spacial score (nSPS) is 12.8. The zero-order valence-corrected chi connectivity index (χ0v) is 14.1. The summed E-state index contributed by atoms with van der Waals surface area (Å²) in [5, 5.41) is 13.1. The van der Waals surface area contributed by atoms with Gasteiger partial charge in [-0.05, 0) is 54.8 Å². The summed E-state index contributed by atoms with van der Waals surface area (Å²) in [5.41, 5.74) is 6.14. The van der Waals surface area contributed by atoms with Crippen LogP contribution in [0.3, 0.4) is 0 Å². The largest absolute Gasteiger partial charge is 0.416 e. The van der Waals surface area contributed by atoms with Crippen molar-refractivity contribution < 1.29 is 23.1 Å². The number of amides is 1. The maximum Gasteiger partial charge on any atom is 0.416 e. The number of nitrogens with one attached hydrogen (secondary N) is 1. The Morgan fingerprint density at radius 1 is 1.15 bits per heavy atom. The first-order chi connectivity index (χ1) is 12.3. The van der Waals surface area contributed by atoms with Gasteiger partial charge in [-0.2, -0.15) is 13.2 Å². The van der Waals surface area contributed by atoms with E-state index in [1.165, 1.54) is 12.1 Å². The van der Waals surface area contributed by atoms with E-state index in [0.717, 1.165) is 30.5 Å². The smallest absolute Gasteiger partial charge is 0.387 e. The van der Waals surface area contributed by atoms with E-state index in [2.05, 4.69) is 5.32 Å². The number of carbonyl (C=O) groups excluding carboxylic acids is 1. The second-order valence-electron chi connectivity index (χ2n) is 6.01. The maximum absolute atomic E-state index is 12.7. The monoisotopic (exact) mass is 366 g/mol.